The van der Waals surface area contributed by atoms with Crippen molar-refractivity contribution in [1.29, 1.82) is 0 Å². The fraction of sp³-hybridized carbons (Fsp3) is 0.560. The summed E-state index contributed by atoms with van der Waals surface area (Å²) >= 11 is 0. The minimum absolute atomic E-state index is 0.0297. The van der Waals surface area contributed by atoms with E-state index in [1.807, 2.05) is 7.05 Å². The third-order valence-electron chi connectivity index (χ3n) is 7.77. The molecule has 2 aliphatic heterocycles. The first kappa shape index (κ1) is 24.5. The monoisotopic (exact) mass is 496 g/mol. The number of likely N-dealkylation sites (N-methyl/N-ethyl adjacent to an activating group) is 1. The number of piperazine rings is 2. The molecule has 1 saturated carbocycles. The molecule has 2 N–H and O–H groups in total. The number of benzene rings is 1. The van der Waals surface area contributed by atoms with Gasteiger partial charge in [-0.1, -0.05) is 0 Å². The van der Waals surface area contributed by atoms with Crippen LogP contribution in [0.3, 0.4) is 0 Å². The number of amides is 2. The molecule has 3 aliphatic rings. The van der Waals surface area contributed by atoms with Crippen molar-refractivity contribution in [1.82, 2.24) is 35.6 Å². The van der Waals surface area contributed by atoms with Gasteiger partial charge >= 0.3 is 0 Å². The number of hydrogen-bond donors (Lipinski definition) is 2. The Bertz CT molecular complexity index is 1080. The maximum absolute atomic E-state index is 13.2. The highest BCUT2D eigenvalue weighted by Crippen LogP contribution is 2.34. The average Bonchev–Trinajstić information content (AvgIpc) is 2.89. The van der Waals surface area contributed by atoms with Crippen LogP contribution in [0.1, 0.15) is 25.7 Å². The molecule has 0 unspecified atom stereocenters. The Morgan fingerprint density at radius 2 is 1.86 bits per heavy atom. The molecule has 11 heteroatoms. The Morgan fingerprint density at radius 1 is 1.14 bits per heavy atom. The molecular formula is C25H33FN8O2. The summed E-state index contributed by atoms with van der Waals surface area (Å²) in [7, 11) is 2.03. The van der Waals surface area contributed by atoms with Crippen molar-refractivity contribution >= 4 is 17.8 Å². The molecule has 2 aromatic rings. The molecule has 0 radical (unpaired) electrons. The summed E-state index contributed by atoms with van der Waals surface area (Å²) in [5, 5.41) is 14.4. The molecular weight excluding hydrogens is 463 g/mol. The van der Waals surface area contributed by atoms with Crippen molar-refractivity contribution in [3.63, 3.8) is 0 Å². The van der Waals surface area contributed by atoms with E-state index in [0.29, 0.717) is 37.8 Å². The summed E-state index contributed by atoms with van der Waals surface area (Å²) in [6.07, 6.45) is 4.73. The third-order valence-corrected chi connectivity index (χ3v) is 7.77. The first-order chi connectivity index (χ1) is 17.4. The fourth-order valence-electron chi connectivity index (χ4n) is 5.51. The lowest BCUT2D eigenvalue weighted by atomic mass is 9.76. The van der Waals surface area contributed by atoms with E-state index in [-0.39, 0.29) is 23.7 Å². The van der Waals surface area contributed by atoms with Crippen LogP contribution in [0.25, 0.3) is 11.3 Å². The van der Waals surface area contributed by atoms with E-state index in [1.54, 1.807) is 18.3 Å². The number of aromatic nitrogens is 3. The zero-order chi connectivity index (χ0) is 25.1. The quantitative estimate of drug-likeness (QED) is 0.622. The van der Waals surface area contributed by atoms with Crippen molar-refractivity contribution < 1.29 is 14.0 Å². The van der Waals surface area contributed by atoms with Crippen LogP contribution in [0, 0.1) is 5.82 Å². The third kappa shape index (κ3) is 5.17. The van der Waals surface area contributed by atoms with E-state index in [0.717, 1.165) is 50.9 Å². The van der Waals surface area contributed by atoms with Crippen molar-refractivity contribution in [2.24, 2.45) is 0 Å². The second kappa shape index (κ2) is 10.4. The summed E-state index contributed by atoms with van der Waals surface area (Å²) in [6, 6.07) is 6.26. The van der Waals surface area contributed by atoms with Crippen molar-refractivity contribution in [2.75, 3.05) is 57.8 Å². The molecule has 5 rings (SSSR count). The standard InChI is InChI=1S/C25H33FN8O2/c1-32-11-10-27-23(36)25(32)8-6-20(7-9-25)29-22(35)17-33-12-14-34(15-13-33)24-30-21(16-28-31-24)18-2-4-19(26)5-3-18/h2-5,16,20H,6-15,17H2,1H3,(H,27,36)(H,29,35). The largest absolute Gasteiger partial charge is 0.353 e. The molecule has 2 amide bonds. The van der Waals surface area contributed by atoms with Crippen molar-refractivity contribution in [3.8, 4) is 11.3 Å². The smallest absolute Gasteiger partial charge is 0.245 e. The fourth-order valence-corrected chi connectivity index (χ4v) is 5.51. The van der Waals surface area contributed by atoms with Gasteiger partial charge in [-0.05, 0) is 57.0 Å². The highest BCUT2D eigenvalue weighted by Gasteiger charge is 2.46. The first-order valence-electron chi connectivity index (χ1n) is 12.6. The average molecular weight is 497 g/mol. The summed E-state index contributed by atoms with van der Waals surface area (Å²) in [4.78, 5) is 36.2. The van der Waals surface area contributed by atoms with Crippen LogP contribution in [0.4, 0.5) is 10.3 Å². The lowest BCUT2D eigenvalue weighted by Gasteiger charge is -2.47. The van der Waals surface area contributed by atoms with Crippen molar-refractivity contribution in [2.45, 2.75) is 37.3 Å². The number of nitrogens with one attached hydrogen (secondary N) is 2. The van der Waals surface area contributed by atoms with E-state index in [9.17, 15) is 14.0 Å². The van der Waals surface area contributed by atoms with E-state index < -0.39 is 5.54 Å². The maximum atomic E-state index is 13.2. The number of rotatable bonds is 5. The molecule has 10 nitrogen and oxygen atoms in total. The molecule has 0 bridgehead atoms. The molecule has 3 fully saturated rings. The highest BCUT2D eigenvalue weighted by molar-refractivity contribution is 5.87. The molecule has 1 spiro atoms. The number of halogens is 1. The SMILES string of the molecule is CN1CCNC(=O)C12CCC(NC(=O)CN1CCN(c3nncc(-c4ccc(F)cc4)n3)CC1)CC2. The predicted molar refractivity (Wildman–Crippen MR) is 133 cm³/mol. The molecule has 1 aromatic carbocycles. The zero-order valence-corrected chi connectivity index (χ0v) is 20.6. The molecule has 192 valence electrons. The second-order valence-electron chi connectivity index (χ2n) is 9.96. The van der Waals surface area contributed by atoms with Crippen LogP contribution in [0.5, 0.6) is 0 Å². The topological polar surface area (TPSA) is 107 Å². The van der Waals surface area contributed by atoms with Gasteiger partial charge in [0, 0.05) is 50.9 Å². The van der Waals surface area contributed by atoms with Crippen LogP contribution in [-0.4, -0.2) is 101 Å². The van der Waals surface area contributed by atoms with E-state index in [2.05, 4.69) is 40.5 Å². The predicted octanol–water partition coefficient (Wildman–Crippen LogP) is 0.659. The van der Waals surface area contributed by atoms with Crippen LogP contribution < -0.4 is 15.5 Å². The molecule has 1 aromatic heterocycles. The van der Waals surface area contributed by atoms with Crippen LogP contribution >= 0.6 is 0 Å². The van der Waals surface area contributed by atoms with Gasteiger partial charge in [0.05, 0.1) is 18.4 Å². The van der Waals surface area contributed by atoms with Gasteiger partial charge in [0.25, 0.3) is 0 Å². The lowest BCUT2D eigenvalue weighted by molar-refractivity contribution is -0.139. The summed E-state index contributed by atoms with van der Waals surface area (Å²) in [5.41, 5.74) is 1.01. The minimum Gasteiger partial charge on any atom is -0.353 e. The van der Waals surface area contributed by atoms with E-state index >= 15 is 0 Å². The van der Waals surface area contributed by atoms with Crippen LogP contribution in [-0.2, 0) is 9.59 Å². The van der Waals surface area contributed by atoms with Crippen molar-refractivity contribution in [3.05, 3.63) is 36.3 Å². The Hall–Kier alpha value is -3.18. The summed E-state index contributed by atoms with van der Waals surface area (Å²) < 4.78 is 13.2. The number of carbonyl (C=O) groups excluding carboxylic acids is 2. The van der Waals surface area contributed by atoms with Gasteiger partial charge < -0.3 is 15.5 Å². The van der Waals surface area contributed by atoms with Gasteiger partial charge in [0.1, 0.15) is 11.4 Å². The molecule has 1 aliphatic carbocycles. The number of nitrogens with zero attached hydrogens (tertiary/aromatic N) is 6. The Morgan fingerprint density at radius 3 is 2.56 bits per heavy atom. The van der Waals surface area contributed by atoms with Crippen LogP contribution in [0.2, 0.25) is 0 Å². The van der Waals surface area contributed by atoms with Gasteiger partial charge in [-0.15, -0.1) is 5.10 Å². The Labute approximate surface area is 210 Å². The maximum Gasteiger partial charge on any atom is 0.245 e. The molecule has 2 saturated heterocycles. The first-order valence-corrected chi connectivity index (χ1v) is 12.6. The van der Waals surface area contributed by atoms with Gasteiger partial charge in [0.2, 0.25) is 17.8 Å². The van der Waals surface area contributed by atoms with Gasteiger partial charge in [-0.2, -0.15) is 5.10 Å². The summed E-state index contributed by atoms with van der Waals surface area (Å²) in [6.45, 7) is 4.74. The second-order valence-corrected chi connectivity index (χ2v) is 9.96. The summed E-state index contributed by atoms with van der Waals surface area (Å²) in [5.74, 6) is 0.398. The highest BCUT2D eigenvalue weighted by atomic mass is 19.1. The minimum atomic E-state index is -0.416. The van der Waals surface area contributed by atoms with E-state index in [4.69, 9.17) is 0 Å². The number of anilines is 1. The van der Waals surface area contributed by atoms with Crippen LogP contribution in [0.15, 0.2) is 30.5 Å². The normalized spacial score (nSPS) is 25.6. The van der Waals surface area contributed by atoms with Gasteiger partial charge in [-0.25, -0.2) is 9.37 Å². The number of hydrogen-bond acceptors (Lipinski definition) is 8. The van der Waals surface area contributed by atoms with E-state index in [1.165, 1.54) is 12.1 Å². The molecule has 36 heavy (non-hydrogen) atoms. The Balaban J connectivity index is 1.09. The molecule has 3 heterocycles. The zero-order valence-electron chi connectivity index (χ0n) is 20.6. The van der Waals surface area contributed by atoms with Gasteiger partial charge in [0.15, 0.2) is 0 Å². The number of carbonyl (C=O) groups is 2. The van der Waals surface area contributed by atoms with Gasteiger partial charge in [-0.3, -0.25) is 19.4 Å². The molecule has 0 atom stereocenters. The Kier molecular flexibility index (Phi) is 7.10. The lowest BCUT2D eigenvalue weighted by Crippen LogP contribution is -2.65.